The smallest absolute Gasteiger partial charge is 0.162 e. The molecular weight excluding hydrogens is 374 g/mol. The first-order valence-corrected chi connectivity index (χ1v) is 9.66. The van der Waals surface area contributed by atoms with Gasteiger partial charge in [0.2, 0.25) is 0 Å². The predicted octanol–water partition coefficient (Wildman–Crippen LogP) is 4.15. The highest BCUT2D eigenvalue weighted by molar-refractivity contribution is 6.01. The maximum atomic E-state index is 6.68. The maximum absolute atomic E-state index is 6.68. The highest BCUT2D eigenvalue weighted by Crippen LogP contribution is 2.36. The lowest BCUT2D eigenvalue weighted by molar-refractivity contribution is 0.832. The third kappa shape index (κ3) is 2.52. The molecule has 0 atom stereocenters. The van der Waals surface area contributed by atoms with Gasteiger partial charge < -0.3 is 15.3 Å². The van der Waals surface area contributed by atoms with E-state index in [1.54, 1.807) is 6.20 Å². The molecule has 144 valence electrons. The molecular formula is C23H17N7. The largest absolute Gasteiger partial charge is 0.384 e. The van der Waals surface area contributed by atoms with Crippen molar-refractivity contribution in [3.8, 4) is 11.4 Å². The molecule has 6 aromatic rings. The van der Waals surface area contributed by atoms with Gasteiger partial charge in [-0.2, -0.15) is 0 Å². The van der Waals surface area contributed by atoms with Crippen LogP contribution < -0.4 is 5.73 Å². The molecule has 7 heteroatoms. The van der Waals surface area contributed by atoms with Crippen molar-refractivity contribution in [1.29, 1.82) is 0 Å². The molecule has 7 nitrogen and oxygen atoms in total. The van der Waals surface area contributed by atoms with Crippen LogP contribution in [-0.4, -0.2) is 29.5 Å². The maximum Gasteiger partial charge on any atom is 0.162 e. The number of nitrogen functional groups attached to an aromatic ring is 1. The SMILES string of the molecule is Nc1c(-c2nc3ccccc3[nH]2)c2nc3ccccc3nc2n1Cc1cccnc1. The second-order valence-corrected chi connectivity index (χ2v) is 7.19. The third-order valence-electron chi connectivity index (χ3n) is 5.28. The van der Waals surface area contributed by atoms with Crippen molar-refractivity contribution in [2.45, 2.75) is 6.54 Å². The molecule has 0 bridgehead atoms. The van der Waals surface area contributed by atoms with E-state index in [4.69, 9.17) is 20.7 Å². The van der Waals surface area contributed by atoms with Gasteiger partial charge in [0.05, 0.1) is 34.2 Å². The summed E-state index contributed by atoms with van der Waals surface area (Å²) in [7, 11) is 0. The van der Waals surface area contributed by atoms with E-state index in [1.807, 2.05) is 71.4 Å². The minimum atomic E-state index is 0.545. The van der Waals surface area contributed by atoms with E-state index in [9.17, 15) is 0 Å². The standard InChI is InChI=1S/C23H17N7/c24-21-19(22-27-16-8-2-3-9-17(16)28-22)20-23(29-18-10-4-1-7-15(18)26-20)30(21)13-14-6-5-11-25-12-14/h1-12H,13,24H2,(H,27,28). The molecule has 0 aliphatic rings. The summed E-state index contributed by atoms with van der Waals surface area (Å²) in [5.41, 5.74) is 13.4. The van der Waals surface area contributed by atoms with Crippen molar-refractivity contribution < 1.29 is 0 Å². The summed E-state index contributed by atoms with van der Waals surface area (Å²) < 4.78 is 1.98. The van der Waals surface area contributed by atoms with E-state index < -0.39 is 0 Å². The van der Waals surface area contributed by atoms with Crippen molar-refractivity contribution in [3.63, 3.8) is 0 Å². The van der Waals surface area contributed by atoms with Crippen LogP contribution in [0.15, 0.2) is 73.1 Å². The van der Waals surface area contributed by atoms with Gasteiger partial charge in [-0.3, -0.25) is 4.98 Å². The minimum Gasteiger partial charge on any atom is -0.384 e. The van der Waals surface area contributed by atoms with E-state index in [0.29, 0.717) is 18.2 Å². The summed E-state index contributed by atoms with van der Waals surface area (Å²) in [5.74, 6) is 1.26. The first-order valence-electron chi connectivity index (χ1n) is 9.66. The fraction of sp³-hybridized carbons (Fsp3) is 0.0435. The van der Waals surface area contributed by atoms with Crippen LogP contribution in [-0.2, 0) is 6.54 Å². The average Bonchev–Trinajstić information content (AvgIpc) is 3.31. The lowest BCUT2D eigenvalue weighted by Crippen LogP contribution is -2.05. The van der Waals surface area contributed by atoms with Gasteiger partial charge >= 0.3 is 0 Å². The minimum absolute atomic E-state index is 0.545. The summed E-state index contributed by atoms with van der Waals surface area (Å²) in [6.45, 7) is 0.545. The normalized spacial score (nSPS) is 11.6. The van der Waals surface area contributed by atoms with Crippen LogP contribution >= 0.6 is 0 Å². The first-order chi connectivity index (χ1) is 14.8. The highest BCUT2D eigenvalue weighted by atomic mass is 15.1. The van der Waals surface area contributed by atoms with Gasteiger partial charge in [-0.05, 0) is 35.9 Å². The predicted molar refractivity (Wildman–Crippen MR) is 118 cm³/mol. The Hall–Kier alpha value is -4.26. The van der Waals surface area contributed by atoms with Gasteiger partial charge in [0.15, 0.2) is 5.65 Å². The Morgan fingerprint density at radius 3 is 2.37 bits per heavy atom. The second-order valence-electron chi connectivity index (χ2n) is 7.19. The van der Waals surface area contributed by atoms with Crippen LogP contribution in [0.3, 0.4) is 0 Å². The first kappa shape index (κ1) is 16.7. The number of hydrogen-bond acceptors (Lipinski definition) is 5. The van der Waals surface area contributed by atoms with Crippen molar-refractivity contribution in [1.82, 2.24) is 29.5 Å². The van der Waals surface area contributed by atoms with E-state index in [2.05, 4.69) is 9.97 Å². The molecule has 0 fully saturated rings. The number of anilines is 1. The molecule has 0 radical (unpaired) electrons. The lowest BCUT2D eigenvalue weighted by Gasteiger charge is -2.07. The number of nitrogens with two attached hydrogens (primary N) is 1. The topological polar surface area (TPSA) is 98.3 Å². The Morgan fingerprint density at radius 1 is 0.833 bits per heavy atom. The number of nitrogens with one attached hydrogen (secondary N) is 1. The van der Waals surface area contributed by atoms with Gasteiger partial charge in [-0.1, -0.05) is 30.3 Å². The summed E-state index contributed by atoms with van der Waals surface area (Å²) in [5, 5.41) is 0. The molecule has 0 saturated heterocycles. The van der Waals surface area contributed by atoms with Crippen molar-refractivity contribution in [2.24, 2.45) is 0 Å². The highest BCUT2D eigenvalue weighted by Gasteiger charge is 2.22. The number of H-pyrrole nitrogens is 1. The number of hydrogen-bond donors (Lipinski definition) is 2. The molecule has 0 amide bonds. The quantitative estimate of drug-likeness (QED) is 0.472. The van der Waals surface area contributed by atoms with Crippen molar-refractivity contribution >= 4 is 39.0 Å². The Bertz CT molecular complexity index is 1500. The Balaban J connectivity index is 1.66. The molecule has 0 aliphatic heterocycles. The number of imidazole rings is 1. The van der Waals surface area contributed by atoms with Crippen molar-refractivity contribution in [2.75, 3.05) is 5.73 Å². The zero-order chi connectivity index (χ0) is 20.1. The molecule has 0 unspecified atom stereocenters. The zero-order valence-corrected chi connectivity index (χ0v) is 15.9. The number of fused-ring (bicyclic) bond motifs is 3. The summed E-state index contributed by atoms with van der Waals surface area (Å²) in [6.07, 6.45) is 3.59. The lowest BCUT2D eigenvalue weighted by atomic mass is 10.2. The van der Waals surface area contributed by atoms with Crippen LogP contribution in [0.2, 0.25) is 0 Å². The zero-order valence-electron chi connectivity index (χ0n) is 15.9. The number of rotatable bonds is 3. The van der Waals surface area contributed by atoms with Crippen molar-refractivity contribution in [3.05, 3.63) is 78.6 Å². The number of para-hydroxylation sites is 4. The summed E-state index contributed by atoms with van der Waals surface area (Å²) in [6, 6.07) is 19.7. The number of benzene rings is 2. The van der Waals surface area contributed by atoms with Gasteiger partial charge in [0.1, 0.15) is 17.2 Å². The van der Waals surface area contributed by atoms with E-state index in [-0.39, 0.29) is 0 Å². The van der Waals surface area contributed by atoms with Gasteiger partial charge in [0, 0.05) is 12.4 Å². The summed E-state index contributed by atoms with van der Waals surface area (Å²) >= 11 is 0. The van der Waals surface area contributed by atoms with Crippen LogP contribution in [0.5, 0.6) is 0 Å². The molecule has 3 N–H and O–H groups in total. The Labute approximate surface area is 171 Å². The molecule has 4 heterocycles. The fourth-order valence-corrected chi connectivity index (χ4v) is 3.86. The Kier molecular flexibility index (Phi) is 3.55. The number of aromatic nitrogens is 6. The van der Waals surface area contributed by atoms with E-state index in [0.717, 1.165) is 44.4 Å². The van der Waals surface area contributed by atoms with Gasteiger partial charge in [0.25, 0.3) is 0 Å². The Morgan fingerprint density at radius 2 is 1.60 bits per heavy atom. The number of nitrogens with zero attached hydrogens (tertiary/aromatic N) is 5. The van der Waals surface area contributed by atoms with Gasteiger partial charge in [-0.25, -0.2) is 15.0 Å². The van der Waals surface area contributed by atoms with Crippen LogP contribution in [0.4, 0.5) is 5.82 Å². The molecule has 2 aromatic carbocycles. The second kappa shape index (κ2) is 6.38. The van der Waals surface area contributed by atoms with E-state index >= 15 is 0 Å². The molecule has 6 rings (SSSR count). The number of pyridine rings is 1. The molecule has 0 aliphatic carbocycles. The van der Waals surface area contributed by atoms with Gasteiger partial charge in [-0.15, -0.1) is 0 Å². The van der Waals surface area contributed by atoms with Crippen LogP contribution in [0.1, 0.15) is 5.56 Å². The average molecular weight is 391 g/mol. The molecule has 0 spiro atoms. The van der Waals surface area contributed by atoms with Crippen LogP contribution in [0.25, 0.3) is 44.6 Å². The number of aromatic amines is 1. The monoisotopic (exact) mass is 391 g/mol. The fourth-order valence-electron chi connectivity index (χ4n) is 3.86. The van der Waals surface area contributed by atoms with E-state index in [1.165, 1.54) is 0 Å². The molecule has 0 saturated carbocycles. The molecule has 4 aromatic heterocycles. The summed E-state index contributed by atoms with van der Waals surface area (Å²) in [4.78, 5) is 22.2. The van der Waals surface area contributed by atoms with Crippen LogP contribution in [0, 0.1) is 0 Å². The molecule has 30 heavy (non-hydrogen) atoms. The third-order valence-corrected chi connectivity index (χ3v) is 5.28.